The highest BCUT2D eigenvalue weighted by Crippen LogP contribution is 2.20. The molecule has 2 heterocycles. The lowest BCUT2D eigenvalue weighted by Gasteiger charge is -2.10. The Morgan fingerprint density at radius 1 is 1.29 bits per heavy atom. The molecule has 0 bridgehead atoms. The molecule has 0 aromatic carbocycles. The smallest absolute Gasteiger partial charge is 0.277 e. The fraction of sp³-hybridized carbons (Fsp3) is 0.214. The van der Waals surface area contributed by atoms with Crippen LogP contribution >= 0.6 is 23.1 Å². The van der Waals surface area contributed by atoms with Crippen molar-refractivity contribution in [2.45, 2.75) is 19.0 Å². The van der Waals surface area contributed by atoms with E-state index in [1.807, 2.05) is 0 Å². The first-order chi connectivity index (χ1) is 11.4. The van der Waals surface area contributed by atoms with Crippen LogP contribution in [0.3, 0.4) is 0 Å². The van der Waals surface area contributed by atoms with E-state index in [1.54, 1.807) is 17.5 Å². The third-order valence-electron chi connectivity index (χ3n) is 2.59. The van der Waals surface area contributed by atoms with Crippen molar-refractivity contribution >= 4 is 52.2 Å². The quantitative estimate of drug-likeness (QED) is 0.529. The summed E-state index contributed by atoms with van der Waals surface area (Å²) in [4.78, 5) is 53.7. The van der Waals surface area contributed by atoms with Crippen LogP contribution in [-0.2, 0) is 9.59 Å². The van der Waals surface area contributed by atoms with E-state index in [4.69, 9.17) is 0 Å². The molecule has 0 spiro atoms. The standard InChI is InChI=1S/C14H14N4O4S2/c1-7(19)6-24-14-17-11(15-8(2)20)10(13(22)18-14)16-12(21)9-4-3-5-23-9/h3-5H,6H2,1-2H3,(H,16,21)(H2,15,17,18,20,22). The molecule has 0 unspecified atom stereocenters. The molecule has 0 aliphatic heterocycles. The number of thioether (sulfide) groups is 1. The molecule has 0 aliphatic carbocycles. The number of H-pyrrole nitrogens is 1. The molecule has 10 heteroatoms. The van der Waals surface area contributed by atoms with E-state index in [0.29, 0.717) is 4.88 Å². The SMILES string of the molecule is CC(=O)CSc1nc(NC(C)=O)c(NC(=O)c2cccs2)c(=O)[nH]1. The average Bonchev–Trinajstić information content (AvgIpc) is 3.02. The number of aromatic nitrogens is 2. The Hall–Kier alpha value is -2.46. The van der Waals surface area contributed by atoms with Gasteiger partial charge in [-0.05, 0) is 18.4 Å². The number of ketones is 1. The lowest BCUT2D eigenvalue weighted by Crippen LogP contribution is -2.24. The Morgan fingerprint density at radius 2 is 2.04 bits per heavy atom. The molecule has 3 N–H and O–H groups in total. The summed E-state index contributed by atoms with van der Waals surface area (Å²) in [5.74, 6) is -0.945. The number of anilines is 2. The molecular weight excluding hydrogens is 352 g/mol. The molecule has 0 saturated heterocycles. The number of carbonyl (C=O) groups excluding carboxylic acids is 3. The molecule has 24 heavy (non-hydrogen) atoms. The van der Waals surface area contributed by atoms with E-state index in [-0.39, 0.29) is 28.2 Å². The Balaban J connectivity index is 2.34. The predicted molar refractivity (Wildman–Crippen MR) is 92.8 cm³/mol. The van der Waals surface area contributed by atoms with Crippen molar-refractivity contribution in [3.8, 4) is 0 Å². The summed E-state index contributed by atoms with van der Waals surface area (Å²) in [6.45, 7) is 2.67. The Morgan fingerprint density at radius 3 is 2.62 bits per heavy atom. The van der Waals surface area contributed by atoms with Crippen LogP contribution in [-0.4, -0.2) is 33.3 Å². The molecule has 2 aromatic heterocycles. The molecule has 0 atom stereocenters. The summed E-state index contributed by atoms with van der Waals surface area (Å²) in [5.41, 5.74) is -0.777. The van der Waals surface area contributed by atoms with E-state index >= 15 is 0 Å². The fourth-order valence-corrected chi connectivity index (χ4v) is 2.93. The zero-order valence-corrected chi connectivity index (χ0v) is 14.5. The number of amides is 2. The molecule has 8 nitrogen and oxygen atoms in total. The maximum atomic E-state index is 12.2. The monoisotopic (exact) mass is 366 g/mol. The molecule has 2 amide bonds. The summed E-state index contributed by atoms with van der Waals surface area (Å²) >= 11 is 2.25. The highest BCUT2D eigenvalue weighted by molar-refractivity contribution is 7.99. The number of nitrogens with one attached hydrogen (secondary N) is 3. The minimum atomic E-state index is -0.621. The number of hydrogen-bond donors (Lipinski definition) is 3. The van der Waals surface area contributed by atoms with Gasteiger partial charge in [-0.2, -0.15) is 0 Å². The van der Waals surface area contributed by atoms with Gasteiger partial charge < -0.3 is 10.6 Å². The van der Waals surface area contributed by atoms with Gasteiger partial charge in [-0.3, -0.25) is 24.2 Å². The lowest BCUT2D eigenvalue weighted by molar-refractivity contribution is -0.115. The molecular formula is C14H14N4O4S2. The topological polar surface area (TPSA) is 121 Å². The van der Waals surface area contributed by atoms with Crippen molar-refractivity contribution in [3.05, 3.63) is 32.7 Å². The molecule has 0 aliphatic rings. The maximum Gasteiger partial charge on any atom is 0.277 e. The molecule has 0 saturated carbocycles. The van der Waals surface area contributed by atoms with Crippen LogP contribution in [0.15, 0.2) is 27.5 Å². The zero-order valence-electron chi connectivity index (χ0n) is 12.8. The van der Waals surface area contributed by atoms with Crippen molar-refractivity contribution in [2.24, 2.45) is 0 Å². The number of thiophene rings is 1. The average molecular weight is 366 g/mol. The van der Waals surface area contributed by atoms with Crippen molar-refractivity contribution < 1.29 is 14.4 Å². The number of carbonyl (C=O) groups is 3. The minimum absolute atomic E-state index is 0.0674. The van der Waals surface area contributed by atoms with Gasteiger partial charge in [0.25, 0.3) is 11.5 Å². The largest absolute Gasteiger partial charge is 0.314 e. The first-order valence-electron chi connectivity index (χ1n) is 6.76. The third-order valence-corrected chi connectivity index (χ3v) is 4.47. The van der Waals surface area contributed by atoms with Crippen LogP contribution in [0.1, 0.15) is 23.5 Å². The van der Waals surface area contributed by atoms with Gasteiger partial charge in [0.15, 0.2) is 16.7 Å². The summed E-state index contributed by atoms with van der Waals surface area (Å²) in [6.07, 6.45) is 0. The number of rotatable bonds is 6. The Kier molecular flexibility index (Phi) is 5.88. The van der Waals surface area contributed by atoms with Gasteiger partial charge in [0.2, 0.25) is 5.91 Å². The number of Topliss-reactive ketones (excluding diaryl/α,β-unsaturated/α-hetero) is 1. The van der Waals surface area contributed by atoms with Crippen LogP contribution in [0.2, 0.25) is 0 Å². The van der Waals surface area contributed by atoms with Gasteiger partial charge in [-0.1, -0.05) is 17.8 Å². The molecule has 2 rings (SSSR count). The predicted octanol–water partition coefficient (Wildman–Crippen LogP) is 1.72. The van der Waals surface area contributed by atoms with Gasteiger partial charge in [-0.25, -0.2) is 4.98 Å². The second kappa shape index (κ2) is 7.88. The minimum Gasteiger partial charge on any atom is -0.314 e. The molecule has 0 radical (unpaired) electrons. The van der Waals surface area contributed by atoms with Gasteiger partial charge in [0.1, 0.15) is 5.78 Å². The van der Waals surface area contributed by atoms with Gasteiger partial charge >= 0.3 is 0 Å². The van der Waals surface area contributed by atoms with E-state index in [9.17, 15) is 19.2 Å². The number of hydrogen-bond acceptors (Lipinski definition) is 7. The molecule has 0 fully saturated rings. The normalized spacial score (nSPS) is 10.2. The number of nitrogens with zero attached hydrogens (tertiary/aromatic N) is 1. The van der Waals surface area contributed by atoms with E-state index in [2.05, 4.69) is 20.6 Å². The summed E-state index contributed by atoms with van der Waals surface area (Å²) in [7, 11) is 0. The fourth-order valence-electron chi connectivity index (χ4n) is 1.65. The van der Waals surface area contributed by atoms with Crippen LogP contribution in [0.5, 0.6) is 0 Å². The zero-order chi connectivity index (χ0) is 17.7. The molecule has 126 valence electrons. The van der Waals surface area contributed by atoms with Crippen molar-refractivity contribution in [1.82, 2.24) is 9.97 Å². The van der Waals surface area contributed by atoms with Gasteiger partial charge in [-0.15, -0.1) is 11.3 Å². The van der Waals surface area contributed by atoms with Crippen LogP contribution in [0.25, 0.3) is 0 Å². The van der Waals surface area contributed by atoms with Gasteiger partial charge in [0.05, 0.1) is 10.6 Å². The lowest BCUT2D eigenvalue weighted by atomic mass is 10.4. The summed E-state index contributed by atoms with van der Waals surface area (Å²) < 4.78 is 0. The van der Waals surface area contributed by atoms with Gasteiger partial charge in [0, 0.05) is 6.92 Å². The van der Waals surface area contributed by atoms with Crippen LogP contribution < -0.4 is 16.2 Å². The maximum absolute atomic E-state index is 12.2. The first kappa shape index (κ1) is 17.9. The van der Waals surface area contributed by atoms with E-state index in [0.717, 1.165) is 11.8 Å². The molecule has 2 aromatic rings. The van der Waals surface area contributed by atoms with Crippen molar-refractivity contribution in [1.29, 1.82) is 0 Å². The Bertz CT molecular complexity index is 830. The van der Waals surface area contributed by atoms with Crippen LogP contribution in [0.4, 0.5) is 11.5 Å². The van der Waals surface area contributed by atoms with Crippen molar-refractivity contribution in [2.75, 3.05) is 16.4 Å². The Labute approximate surface area is 145 Å². The summed E-state index contributed by atoms with van der Waals surface area (Å²) in [6, 6.07) is 3.31. The van der Waals surface area contributed by atoms with Crippen molar-refractivity contribution in [3.63, 3.8) is 0 Å². The second-order valence-corrected chi connectivity index (χ2v) is 6.61. The van der Waals surface area contributed by atoms with Crippen LogP contribution in [0, 0.1) is 0 Å². The highest BCUT2D eigenvalue weighted by Gasteiger charge is 2.17. The van der Waals surface area contributed by atoms with E-state index in [1.165, 1.54) is 25.2 Å². The number of aromatic amines is 1. The van der Waals surface area contributed by atoms with E-state index < -0.39 is 17.4 Å². The first-order valence-corrected chi connectivity index (χ1v) is 8.62. The summed E-state index contributed by atoms with van der Waals surface area (Å²) in [5, 5.41) is 6.77. The second-order valence-electron chi connectivity index (χ2n) is 4.70. The third kappa shape index (κ3) is 4.77. The highest BCUT2D eigenvalue weighted by atomic mass is 32.2.